The number of carbonyl (C=O) groups excluding carboxylic acids is 1. The molecule has 0 aliphatic carbocycles. The largest absolute Gasteiger partial charge is 0.353 e. The van der Waals surface area contributed by atoms with Crippen molar-refractivity contribution in [2.45, 2.75) is 58.9 Å². The minimum atomic E-state index is -0.206. The minimum Gasteiger partial charge on any atom is -0.353 e. The fourth-order valence-corrected chi connectivity index (χ4v) is 6.44. The number of hydrogen-bond acceptors (Lipinski definition) is 5. The zero-order valence-corrected chi connectivity index (χ0v) is 22.2. The molecule has 5 rings (SSSR count). The molecule has 3 heterocycles. The first-order valence-electron chi connectivity index (χ1n) is 12.6. The number of anilines is 2. The van der Waals surface area contributed by atoms with Gasteiger partial charge in [0.05, 0.1) is 10.4 Å². The molecule has 35 heavy (non-hydrogen) atoms. The molecule has 0 radical (unpaired) electrons. The molecule has 0 N–H and O–H groups in total. The highest BCUT2D eigenvalue weighted by Crippen LogP contribution is 2.43. The summed E-state index contributed by atoms with van der Waals surface area (Å²) in [5.41, 5.74) is 4.80. The Labute approximate surface area is 211 Å². The van der Waals surface area contributed by atoms with E-state index in [-0.39, 0.29) is 23.2 Å². The van der Waals surface area contributed by atoms with Crippen LogP contribution >= 0.6 is 11.5 Å². The van der Waals surface area contributed by atoms with E-state index in [0.717, 1.165) is 60.7 Å². The van der Waals surface area contributed by atoms with Crippen molar-refractivity contribution in [3.63, 3.8) is 0 Å². The van der Waals surface area contributed by atoms with Gasteiger partial charge in [-0.2, -0.15) is 4.37 Å². The lowest BCUT2D eigenvalue weighted by molar-refractivity contribution is -0.120. The van der Waals surface area contributed by atoms with Crippen molar-refractivity contribution in [1.82, 2.24) is 9.27 Å². The molecule has 3 aromatic rings. The standard InChI is InChI=1S/C28H35FN4OS/c1-18(2)33-25(34)17-28(4,5)23-15-20(14-19(3)26(23)33)8-9-31-10-12-32(13-11-31)27-22-16-21(29)6-7-24(22)35-30-27/h6-7,14-16,18H,8-13,17H2,1-5H3. The third kappa shape index (κ3) is 4.56. The molecule has 0 atom stereocenters. The van der Waals surface area contributed by atoms with Gasteiger partial charge in [0.2, 0.25) is 5.91 Å². The quantitative estimate of drug-likeness (QED) is 0.468. The Kier molecular flexibility index (Phi) is 6.34. The van der Waals surface area contributed by atoms with E-state index in [0.29, 0.717) is 6.42 Å². The maximum atomic E-state index is 13.8. The number of piperazine rings is 1. The van der Waals surface area contributed by atoms with Crippen LogP contribution in [0.5, 0.6) is 0 Å². The molecule has 1 saturated heterocycles. The van der Waals surface area contributed by atoms with Gasteiger partial charge in [-0.15, -0.1) is 0 Å². The number of aromatic nitrogens is 1. The number of aryl methyl sites for hydroxylation is 1. The number of carbonyl (C=O) groups is 1. The van der Waals surface area contributed by atoms with Gasteiger partial charge in [0.15, 0.2) is 0 Å². The van der Waals surface area contributed by atoms with Crippen LogP contribution in [0, 0.1) is 12.7 Å². The number of fused-ring (bicyclic) bond motifs is 2. The molecule has 2 aliphatic rings. The minimum absolute atomic E-state index is 0.153. The second-order valence-electron chi connectivity index (χ2n) is 11.0. The second kappa shape index (κ2) is 9.17. The molecule has 1 amide bonds. The lowest BCUT2D eigenvalue weighted by Crippen LogP contribution is -2.47. The molecule has 0 spiro atoms. The first kappa shape index (κ1) is 24.2. The highest BCUT2D eigenvalue weighted by atomic mass is 32.1. The van der Waals surface area contributed by atoms with E-state index in [4.69, 9.17) is 0 Å². The number of amides is 1. The summed E-state index contributed by atoms with van der Waals surface area (Å²) in [5.74, 6) is 0.935. The van der Waals surface area contributed by atoms with Crippen LogP contribution in [0.1, 0.15) is 50.8 Å². The molecule has 1 fully saturated rings. The van der Waals surface area contributed by atoms with Crippen LogP contribution in [0.15, 0.2) is 30.3 Å². The molecule has 0 unspecified atom stereocenters. The predicted octanol–water partition coefficient (Wildman–Crippen LogP) is 5.53. The van der Waals surface area contributed by atoms with Crippen molar-refractivity contribution in [2.24, 2.45) is 0 Å². The van der Waals surface area contributed by atoms with Crippen molar-refractivity contribution in [3.05, 3.63) is 52.8 Å². The highest BCUT2D eigenvalue weighted by Gasteiger charge is 2.38. The van der Waals surface area contributed by atoms with Crippen molar-refractivity contribution in [1.29, 1.82) is 0 Å². The summed E-state index contributed by atoms with van der Waals surface area (Å²) in [4.78, 5) is 19.7. The smallest absolute Gasteiger partial charge is 0.228 e. The lowest BCUT2D eigenvalue weighted by Gasteiger charge is -2.42. The molecule has 2 aromatic carbocycles. The number of benzene rings is 2. The van der Waals surface area contributed by atoms with Crippen LogP contribution in [0.2, 0.25) is 0 Å². The fourth-order valence-electron chi connectivity index (χ4n) is 5.66. The zero-order chi connectivity index (χ0) is 24.9. The van der Waals surface area contributed by atoms with Gasteiger partial charge in [-0.25, -0.2) is 4.39 Å². The number of nitrogens with zero attached hydrogens (tertiary/aromatic N) is 4. The van der Waals surface area contributed by atoms with Gasteiger partial charge in [0.25, 0.3) is 0 Å². The molecule has 0 saturated carbocycles. The SMILES string of the molecule is Cc1cc(CCN2CCN(c3nsc4ccc(F)cc34)CC2)cc2c1N(C(C)C)C(=O)CC2(C)C. The molecule has 7 heteroatoms. The molecule has 0 bridgehead atoms. The van der Waals surface area contributed by atoms with Gasteiger partial charge in [0.1, 0.15) is 11.6 Å². The van der Waals surface area contributed by atoms with Gasteiger partial charge in [-0.3, -0.25) is 9.69 Å². The van der Waals surface area contributed by atoms with Crippen LogP contribution in [0.25, 0.3) is 10.1 Å². The summed E-state index contributed by atoms with van der Waals surface area (Å²) >= 11 is 1.44. The highest BCUT2D eigenvalue weighted by molar-refractivity contribution is 7.13. The van der Waals surface area contributed by atoms with Gasteiger partial charge in [-0.05, 0) is 73.6 Å². The summed E-state index contributed by atoms with van der Waals surface area (Å²) < 4.78 is 19.4. The summed E-state index contributed by atoms with van der Waals surface area (Å²) in [6.07, 6.45) is 1.54. The maximum Gasteiger partial charge on any atom is 0.228 e. The Hall–Kier alpha value is -2.51. The topological polar surface area (TPSA) is 39.7 Å². The number of rotatable bonds is 5. The average molecular weight is 495 g/mol. The summed E-state index contributed by atoms with van der Waals surface area (Å²) in [5, 5.41) is 0.921. The number of hydrogen-bond donors (Lipinski definition) is 0. The third-order valence-corrected chi connectivity index (χ3v) is 8.33. The molecule has 186 valence electrons. The van der Waals surface area contributed by atoms with Crippen LogP contribution < -0.4 is 9.80 Å². The van der Waals surface area contributed by atoms with Crippen LogP contribution in [0.4, 0.5) is 15.9 Å². The molecular formula is C28H35FN4OS. The summed E-state index contributed by atoms with van der Waals surface area (Å²) in [7, 11) is 0. The molecule has 1 aromatic heterocycles. The summed E-state index contributed by atoms with van der Waals surface area (Å²) in [6.45, 7) is 15.5. The monoisotopic (exact) mass is 494 g/mol. The molecular weight excluding hydrogens is 459 g/mol. The summed E-state index contributed by atoms with van der Waals surface area (Å²) in [6, 6.07) is 9.70. The Morgan fingerprint density at radius 3 is 2.57 bits per heavy atom. The molecule has 5 nitrogen and oxygen atoms in total. The first-order valence-corrected chi connectivity index (χ1v) is 13.4. The third-order valence-electron chi connectivity index (χ3n) is 7.51. The van der Waals surface area contributed by atoms with Gasteiger partial charge < -0.3 is 9.80 Å². The van der Waals surface area contributed by atoms with E-state index in [1.54, 1.807) is 6.07 Å². The average Bonchev–Trinajstić information content (AvgIpc) is 3.21. The van der Waals surface area contributed by atoms with E-state index in [1.807, 2.05) is 11.0 Å². The second-order valence-corrected chi connectivity index (χ2v) is 11.8. The van der Waals surface area contributed by atoms with Crippen molar-refractivity contribution >= 4 is 39.0 Å². The van der Waals surface area contributed by atoms with Gasteiger partial charge in [-0.1, -0.05) is 26.0 Å². The van der Waals surface area contributed by atoms with Crippen molar-refractivity contribution in [3.8, 4) is 0 Å². The van der Waals surface area contributed by atoms with Gasteiger partial charge >= 0.3 is 0 Å². The molecule has 2 aliphatic heterocycles. The first-order chi connectivity index (χ1) is 16.6. The Morgan fingerprint density at radius 1 is 1.11 bits per heavy atom. The van der Waals surface area contributed by atoms with Crippen molar-refractivity contribution < 1.29 is 9.18 Å². The lowest BCUT2D eigenvalue weighted by atomic mass is 9.75. The predicted molar refractivity (Wildman–Crippen MR) is 143 cm³/mol. The van der Waals surface area contributed by atoms with E-state index < -0.39 is 0 Å². The Morgan fingerprint density at radius 2 is 1.86 bits per heavy atom. The van der Waals surface area contributed by atoms with E-state index in [2.05, 4.69) is 60.9 Å². The van der Waals surface area contributed by atoms with Crippen LogP contribution in [-0.4, -0.2) is 53.9 Å². The normalized spacial score (nSPS) is 18.5. The van der Waals surface area contributed by atoms with Crippen molar-refractivity contribution in [2.75, 3.05) is 42.5 Å². The van der Waals surface area contributed by atoms with Crippen LogP contribution in [0.3, 0.4) is 0 Å². The van der Waals surface area contributed by atoms with Crippen LogP contribution in [-0.2, 0) is 16.6 Å². The van der Waals surface area contributed by atoms with E-state index >= 15 is 0 Å². The van der Waals surface area contributed by atoms with Gasteiger partial charge in [0, 0.05) is 56.0 Å². The number of halogens is 1. The Balaban J connectivity index is 1.27. The van der Waals surface area contributed by atoms with E-state index in [9.17, 15) is 9.18 Å². The Bertz CT molecular complexity index is 1260. The van der Waals surface area contributed by atoms with E-state index in [1.165, 1.54) is 34.3 Å². The maximum absolute atomic E-state index is 13.8. The fraction of sp³-hybridized carbons (Fsp3) is 0.500. The zero-order valence-electron chi connectivity index (χ0n) is 21.4.